The number of halogens is 3. The van der Waals surface area contributed by atoms with E-state index in [1.807, 2.05) is 0 Å². The summed E-state index contributed by atoms with van der Waals surface area (Å²) in [6, 6.07) is -1.66. The van der Waals surface area contributed by atoms with Crippen LogP contribution < -0.4 is 5.32 Å². The Labute approximate surface area is 88.6 Å². The standard InChI is InChI=1S/C8H10F3NO4/c9-8(10,11)7(15)12-5(6(13)14)4-2-1-3-16-4/h4-5H,1-3H2,(H,12,15)(H,13,14). The van der Waals surface area contributed by atoms with Gasteiger partial charge in [-0.2, -0.15) is 13.2 Å². The fourth-order valence-electron chi connectivity index (χ4n) is 1.40. The van der Waals surface area contributed by atoms with Gasteiger partial charge in [-0.3, -0.25) is 4.79 Å². The number of carboxylic acids is 1. The maximum absolute atomic E-state index is 11.9. The molecule has 0 aromatic carbocycles. The van der Waals surface area contributed by atoms with Crippen LogP contribution in [0.15, 0.2) is 0 Å². The zero-order valence-corrected chi connectivity index (χ0v) is 8.08. The van der Waals surface area contributed by atoms with Crippen LogP contribution in [0.1, 0.15) is 12.8 Å². The molecule has 1 saturated heterocycles. The second-order valence-corrected chi connectivity index (χ2v) is 3.34. The molecule has 0 aromatic rings. The summed E-state index contributed by atoms with van der Waals surface area (Å²) in [5.41, 5.74) is 0. The van der Waals surface area contributed by atoms with Gasteiger partial charge in [0, 0.05) is 6.61 Å². The molecule has 1 amide bonds. The Hall–Kier alpha value is -1.31. The highest BCUT2D eigenvalue weighted by Crippen LogP contribution is 2.19. The van der Waals surface area contributed by atoms with Gasteiger partial charge in [0.2, 0.25) is 0 Å². The highest BCUT2D eigenvalue weighted by Gasteiger charge is 2.43. The first-order valence-corrected chi connectivity index (χ1v) is 4.54. The molecule has 5 nitrogen and oxygen atoms in total. The van der Waals surface area contributed by atoms with Crippen LogP contribution in [0.2, 0.25) is 0 Å². The third-order valence-electron chi connectivity index (χ3n) is 2.15. The number of carboxylic acid groups (broad SMARTS) is 1. The molecule has 2 atom stereocenters. The molecular weight excluding hydrogens is 231 g/mol. The van der Waals surface area contributed by atoms with Crippen LogP contribution in [-0.4, -0.2) is 41.9 Å². The lowest BCUT2D eigenvalue weighted by Crippen LogP contribution is -2.52. The Morgan fingerprint density at radius 2 is 2.06 bits per heavy atom. The van der Waals surface area contributed by atoms with Gasteiger partial charge in [0.15, 0.2) is 6.04 Å². The predicted molar refractivity (Wildman–Crippen MR) is 44.6 cm³/mol. The lowest BCUT2D eigenvalue weighted by molar-refractivity contribution is -0.176. The van der Waals surface area contributed by atoms with Gasteiger partial charge in [0.25, 0.3) is 0 Å². The van der Waals surface area contributed by atoms with Crippen molar-refractivity contribution in [3.8, 4) is 0 Å². The molecule has 8 heteroatoms. The number of nitrogens with one attached hydrogen (secondary N) is 1. The van der Waals surface area contributed by atoms with Crippen molar-refractivity contribution in [2.24, 2.45) is 0 Å². The fraction of sp³-hybridized carbons (Fsp3) is 0.750. The summed E-state index contributed by atoms with van der Waals surface area (Å²) >= 11 is 0. The van der Waals surface area contributed by atoms with E-state index in [2.05, 4.69) is 0 Å². The Morgan fingerprint density at radius 1 is 1.44 bits per heavy atom. The maximum atomic E-state index is 11.9. The number of hydrogen-bond donors (Lipinski definition) is 2. The Kier molecular flexibility index (Phi) is 3.74. The molecule has 2 unspecified atom stereocenters. The summed E-state index contributed by atoms with van der Waals surface area (Å²) in [6.07, 6.45) is -5.11. The molecule has 0 spiro atoms. The third-order valence-corrected chi connectivity index (χ3v) is 2.15. The maximum Gasteiger partial charge on any atom is 0.471 e. The lowest BCUT2D eigenvalue weighted by atomic mass is 10.1. The van der Waals surface area contributed by atoms with E-state index >= 15 is 0 Å². The molecule has 1 rings (SSSR count). The molecule has 1 fully saturated rings. The van der Waals surface area contributed by atoms with E-state index in [4.69, 9.17) is 9.84 Å². The first kappa shape index (κ1) is 12.8. The largest absolute Gasteiger partial charge is 0.480 e. The van der Waals surface area contributed by atoms with Crippen LogP contribution >= 0.6 is 0 Å². The molecule has 2 N–H and O–H groups in total. The monoisotopic (exact) mass is 241 g/mol. The highest BCUT2D eigenvalue weighted by molar-refractivity contribution is 5.87. The second kappa shape index (κ2) is 4.69. The number of aliphatic carboxylic acids is 1. The molecule has 0 bridgehead atoms. The second-order valence-electron chi connectivity index (χ2n) is 3.34. The molecule has 0 radical (unpaired) electrons. The highest BCUT2D eigenvalue weighted by atomic mass is 19.4. The van der Waals surface area contributed by atoms with Gasteiger partial charge >= 0.3 is 18.1 Å². The molecule has 92 valence electrons. The normalized spacial score (nSPS) is 22.8. The van der Waals surface area contributed by atoms with Crippen LogP contribution in [-0.2, 0) is 14.3 Å². The van der Waals surface area contributed by atoms with Gasteiger partial charge in [-0.1, -0.05) is 0 Å². The third kappa shape index (κ3) is 3.09. The lowest BCUT2D eigenvalue weighted by Gasteiger charge is -2.20. The molecule has 0 aromatic heterocycles. The zero-order valence-electron chi connectivity index (χ0n) is 8.08. The van der Waals surface area contributed by atoms with Crippen LogP contribution in [0.4, 0.5) is 13.2 Å². The fourth-order valence-corrected chi connectivity index (χ4v) is 1.40. The number of rotatable bonds is 3. The van der Waals surface area contributed by atoms with E-state index in [0.29, 0.717) is 12.8 Å². The van der Waals surface area contributed by atoms with Crippen molar-refractivity contribution >= 4 is 11.9 Å². The quantitative estimate of drug-likeness (QED) is 0.745. The molecule has 1 heterocycles. The smallest absolute Gasteiger partial charge is 0.471 e. The minimum Gasteiger partial charge on any atom is -0.480 e. The van der Waals surface area contributed by atoms with Crippen molar-refractivity contribution in [1.29, 1.82) is 0 Å². The van der Waals surface area contributed by atoms with Gasteiger partial charge in [-0.05, 0) is 12.8 Å². The van der Waals surface area contributed by atoms with Crippen molar-refractivity contribution in [3.63, 3.8) is 0 Å². The van der Waals surface area contributed by atoms with E-state index in [9.17, 15) is 22.8 Å². The molecule has 1 aliphatic heterocycles. The van der Waals surface area contributed by atoms with Crippen molar-refractivity contribution < 1.29 is 32.6 Å². The van der Waals surface area contributed by atoms with E-state index in [0.717, 1.165) is 0 Å². The van der Waals surface area contributed by atoms with Crippen LogP contribution in [0.5, 0.6) is 0 Å². The van der Waals surface area contributed by atoms with Crippen molar-refractivity contribution in [3.05, 3.63) is 0 Å². The van der Waals surface area contributed by atoms with E-state index in [1.165, 1.54) is 5.32 Å². The first-order chi connectivity index (χ1) is 7.32. The summed E-state index contributed by atoms with van der Waals surface area (Å²) < 4.78 is 40.7. The number of carbonyl (C=O) groups is 2. The van der Waals surface area contributed by atoms with Gasteiger partial charge in [0.05, 0.1) is 6.10 Å². The van der Waals surface area contributed by atoms with Gasteiger partial charge < -0.3 is 15.2 Å². The van der Waals surface area contributed by atoms with Gasteiger partial charge in [0.1, 0.15) is 0 Å². The molecule has 0 saturated carbocycles. The number of carbonyl (C=O) groups excluding carboxylic acids is 1. The number of amides is 1. The van der Waals surface area contributed by atoms with E-state index in [1.54, 1.807) is 0 Å². The van der Waals surface area contributed by atoms with Gasteiger partial charge in [-0.25, -0.2) is 4.79 Å². The predicted octanol–water partition coefficient (Wildman–Crippen LogP) is 0.297. The van der Waals surface area contributed by atoms with Gasteiger partial charge in [-0.15, -0.1) is 0 Å². The van der Waals surface area contributed by atoms with Crippen molar-refractivity contribution in [2.45, 2.75) is 31.2 Å². The summed E-state index contributed by atoms with van der Waals surface area (Å²) in [5, 5.41) is 10.1. The molecular formula is C8H10F3NO4. The minimum absolute atomic E-state index is 0.288. The Bertz CT molecular complexity index is 285. The zero-order chi connectivity index (χ0) is 12.3. The summed E-state index contributed by atoms with van der Waals surface area (Å²) in [4.78, 5) is 21.3. The SMILES string of the molecule is O=C(O)C(NC(=O)C(F)(F)F)C1CCCO1. The Balaban J connectivity index is 2.65. The molecule has 0 aliphatic carbocycles. The van der Waals surface area contributed by atoms with Crippen LogP contribution in [0.25, 0.3) is 0 Å². The van der Waals surface area contributed by atoms with Crippen molar-refractivity contribution in [1.82, 2.24) is 5.32 Å². The summed E-state index contributed by atoms with van der Waals surface area (Å²) in [5.74, 6) is -3.81. The summed E-state index contributed by atoms with van der Waals surface area (Å²) in [6.45, 7) is 0.288. The molecule has 1 aliphatic rings. The first-order valence-electron chi connectivity index (χ1n) is 4.54. The number of alkyl halides is 3. The van der Waals surface area contributed by atoms with Crippen molar-refractivity contribution in [2.75, 3.05) is 6.61 Å². The number of ether oxygens (including phenoxy) is 1. The Morgan fingerprint density at radius 3 is 2.44 bits per heavy atom. The van der Waals surface area contributed by atoms with Crippen LogP contribution in [0, 0.1) is 0 Å². The average Bonchev–Trinajstić information content (AvgIpc) is 2.63. The topological polar surface area (TPSA) is 75.6 Å². The minimum atomic E-state index is -5.09. The average molecular weight is 241 g/mol. The molecule has 16 heavy (non-hydrogen) atoms. The number of hydrogen-bond acceptors (Lipinski definition) is 3. The van der Waals surface area contributed by atoms with E-state index < -0.39 is 30.2 Å². The summed E-state index contributed by atoms with van der Waals surface area (Å²) in [7, 11) is 0. The van der Waals surface area contributed by atoms with Crippen LogP contribution in [0.3, 0.4) is 0 Å². The van der Waals surface area contributed by atoms with E-state index in [-0.39, 0.29) is 6.61 Å².